The predicted octanol–water partition coefficient (Wildman–Crippen LogP) is 5.39. The van der Waals surface area contributed by atoms with Crippen molar-refractivity contribution in [2.75, 3.05) is 5.32 Å². The first kappa shape index (κ1) is 20.0. The second kappa shape index (κ2) is 8.60. The Balaban J connectivity index is 1.56. The van der Waals surface area contributed by atoms with Crippen molar-refractivity contribution in [1.29, 1.82) is 0 Å². The Labute approximate surface area is 180 Å². The van der Waals surface area contributed by atoms with Crippen LogP contribution in [0.5, 0.6) is 0 Å². The third-order valence-electron chi connectivity index (χ3n) is 4.37. The van der Waals surface area contributed by atoms with Gasteiger partial charge in [0, 0.05) is 16.3 Å². The second-order valence-corrected chi connectivity index (χ2v) is 8.76. The zero-order valence-corrected chi connectivity index (χ0v) is 17.4. The van der Waals surface area contributed by atoms with Crippen LogP contribution in [0.1, 0.15) is 6.92 Å². The lowest BCUT2D eigenvalue weighted by Gasteiger charge is -2.12. The van der Waals surface area contributed by atoms with Crippen molar-refractivity contribution in [2.45, 2.75) is 17.2 Å². The molecule has 1 amide bonds. The van der Waals surface area contributed by atoms with Gasteiger partial charge in [0.1, 0.15) is 21.9 Å². The maximum atomic E-state index is 12.7. The van der Waals surface area contributed by atoms with Crippen molar-refractivity contribution < 1.29 is 9.72 Å². The van der Waals surface area contributed by atoms with Gasteiger partial charge < -0.3 is 5.32 Å². The molecule has 2 heterocycles. The molecule has 0 spiro atoms. The van der Waals surface area contributed by atoms with E-state index >= 15 is 0 Å². The molecule has 2 aromatic heterocycles. The van der Waals surface area contributed by atoms with E-state index in [4.69, 9.17) is 0 Å². The highest BCUT2D eigenvalue weighted by Gasteiger charge is 2.21. The molecule has 0 saturated carbocycles. The van der Waals surface area contributed by atoms with E-state index in [0.717, 1.165) is 20.7 Å². The van der Waals surface area contributed by atoms with E-state index in [2.05, 4.69) is 15.3 Å². The number of aromatic nitrogens is 2. The van der Waals surface area contributed by atoms with Gasteiger partial charge in [-0.3, -0.25) is 14.9 Å². The predicted molar refractivity (Wildman–Crippen MR) is 120 cm³/mol. The van der Waals surface area contributed by atoms with Gasteiger partial charge >= 0.3 is 0 Å². The van der Waals surface area contributed by atoms with E-state index in [1.54, 1.807) is 30.4 Å². The number of fused-ring (bicyclic) bond motifs is 1. The van der Waals surface area contributed by atoms with Crippen LogP contribution in [0.2, 0.25) is 0 Å². The van der Waals surface area contributed by atoms with Crippen LogP contribution >= 0.6 is 23.1 Å². The van der Waals surface area contributed by atoms with E-state index in [-0.39, 0.29) is 17.3 Å². The maximum absolute atomic E-state index is 12.7. The normalized spacial score (nSPS) is 11.9. The Hall–Kier alpha value is -3.30. The van der Waals surface area contributed by atoms with Gasteiger partial charge in [0.2, 0.25) is 5.91 Å². The fraction of sp³-hybridized carbons (Fsp3) is 0.0952. The molecular weight excluding hydrogens is 420 g/mol. The second-order valence-electron chi connectivity index (χ2n) is 6.40. The first-order valence-electron chi connectivity index (χ1n) is 9.04. The van der Waals surface area contributed by atoms with E-state index in [0.29, 0.717) is 5.03 Å². The number of hydrogen-bond acceptors (Lipinski definition) is 7. The molecule has 4 aromatic rings. The van der Waals surface area contributed by atoms with Crippen LogP contribution in [-0.2, 0) is 4.79 Å². The van der Waals surface area contributed by atoms with Gasteiger partial charge in [-0.05, 0) is 24.6 Å². The largest absolute Gasteiger partial charge is 0.319 e. The summed E-state index contributed by atoms with van der Waals surface area (Å²) in [6, 6.07) is 18.1. The molecule has 0 saturated heterocycles. The van der Waals surface area contributed by atoms with Gasteiger partial charge in [0.05, 0.1) is 10.2 Å². The summed E-state index contributed by atoms with van der Waals surface area (Å²) in [6.07, 6.45) is 1.49. The summed E-state index contributed by atoms with van der Waals surface area (Å²) in [5.74, 6) is -0.334. The minimum atomic E-state index is -0.516. The van der Waals surface area contributed by atoms with Crippen molar-refractivity contribution in [3.05, 3.63) is 77.1 Å². The average Bonchev–Trinajstić information content (AvgIpc) is 3.20. The molecular formula is C21H16N4O3S2. The molecule has 7 nitrogen and oxygen atoms in total. The summed E-state index contributed by atoms with van der Waals surface area (Å²) >= 11 is 2.86. The Kier molecular flexibility index (Phi) is 5.73. The minimum absolute atomic E-state index is 0.141. The Morgan fingerprint density at radius 2 is 1.87 bits per heavy atom. The van der Waals surface area contributed by atoms with Crippen molar-refractivity contribution in [1.82, 2.24) is 9.97 Å². The number of hydrogen-bond donors (Lipinski definition) is 1. The average molecular weight is 437 g/mol. The topological polar surface area (TPSA) is 98.0 Å². The SMILES string of the molecule is CC(Sc1ncnc2sc(-c3ccccc3)cc12)C(=O)Nc1ccccc1[N+](=O)[O-]. The summed E-state index contributed by atoms with van der Waals surface area (Å²) in [4.78, 5) is 33.9. The Bertz CT molecular complexity index is 1230. The molecule has 1 unspecified atom stereocenters. The summed E-state index contributed by atoms with van der Waals surface area (Å²) < 4.78 is 0. The van der Waals surface area contributed by atoms with Crippen LogP contribution in [0.15, 0.2) is 72.0 Å². The van der Waals surface area contributed by atoms with E-state index < -0.39 is 10.2 Å². The van der Waals surface area contributed by atoms with Crippen molar-refractivity contribution in [3.63, 3.8) is 0 Å². The molecule has 150 valence electrons. The number of anilines is 1. The van der Waals surface area contributed by atoms with E-state index in [9.17, 15) is 14.9 Å². The number of carbonyl (C=O) groups excluding carboxylic acids is 1. The molecule has 0 fully saturated rings. The number of carbonyl (C=O) groups is 1. The first-order chi connectivity index (χ1) is 14.5. The number of nitrogens with one attached hydrogen (secondary N) is 1. The van der Waals surface area contributed by atoms with Gasteiger partial charge in [0.25, 0.3) is 5.69 Å². The van der Waals surface area contributed by atoms with Crippen LogP contribution in [0, 0.1) is 10.1 Å². The monoisotopic (exact) mass is 436 g/mol. The highest BCUT2D eigenvalue weighted by atomic mass is 32.2. The highest BCUT2D eigenvalue weighted by molar-refractivity contribution is 8.00. The van der Waals surface area contributed by atoms with Gasteiger partial charge in [-0.1, -0.05) is 54.2 Å². The summed E-state index contributed by atoms with van der Waals surface area (Å²) in [5.41, 5.74) is 1.13. The van der Waals surface area contributed by atoms with Gasteiger partial charge in [0.15, 0.2) is 0 Å². The maximum Gasteiger partial charge on any atom is 0.292 e. The van der Waals surface area contributed by atoms with E-state index in [1.165, 1.54) is 30.2 Å². The number of benzene rings is 2. The number of thioether (sulfide) groups is 1. The lowest BCUT2D eigenvalue weighted by atomic mass is 10.2. The van der Waals surface area contributed by atoms with E-state index in [1.807, 2.05) is 36.4 Å². The number of nitro benzene ring substituents is 1. The lowest BCUT2D eigenvalue weighted by Crippen LogP contribution is -2.23. The quantitative estimate of drug-likeness (QED) is 0.188. The number of amides is 1. The zero-order chi connectivity index (χ0) is 21.1. The third-order valence-corrected chi connectivity index (χ3v) is 6.58. The van der Waals surface area contributed by atoms with Crippen LogP contribution in [0.25, 0.3) is 20.7 Å². The number of para-hydroxylation sites is 2. The summed E-state index contributed by atoms with van der Waals surface area (Å²) in [7, 11) is 0. The molecule has 4 rings (SSSR count). The van der Waals surface area contributed by atoms with Crippen LogP contribution in [0.4, 0.5) is 11.4 Å². The van der Waals surface area contributed by atoms with Crippen molar-refractivity contribution >= 4 is 50.6 Å². The summed E-state index contributed by atoms with van der Waals surface area (Å²) in [6.45, 7) is 1.74. The van der Waals surface area contributed by atoms with Crippen LogP contribution < -0.4 is 5.32 Å². The molecule has 0 aliphatic rings. The zero-order valence-electron chi connectivity index (χ0n) is 15.8. The third kappa shape index (κ3) is 4.17. The molecule has 0 bridgehead atoms. The molecule has 0 aliphatic carbocycles. The molecule has 0 aliphatic heterocycles. The van der Waals surface area contributed by atoms with Crippen molar-refractivity contribution in [2.24, 2.45) is 0 Å². The fourth-order valence-electron chi connectivity index (χ4n) is 2.87. The standard InChI is InChI=1S/C21H16N4O3S2/c1-13(19(26)24-16-9-5-6-10-17(16)25(27)28)29-20-15-11-18(14-7-3-2-4-8-14)30-21(15)23-12-22-20/h2-13H,1H3,(H,24,26). The molecule has 30 heavy (non-hydrogen) atoms. The molecule has 1 atom stereocenters. The molecule has 9 heteroatoms. The van der Waals surface area contributed by atoms with Gasteiger partial charge in [-0.25, -0.2) is 9.97 Å². The van der Waals surface area contributed by atoms with Gasteiger partial charge in [-0.2, -0.15) is 0 Å². The number of rotatable bonds is 6. The fourth-order valence-corrected chi connectivity index (χ4v) is 4.83. The minimum Gasteiger partial charge on any atom is -0.319 e. The highest BCUT2D eigenvalue weighted by Crippen LogP contribution is 2.37. The number of nitrogens with zero attached hydrogens (tertiary/aromatic N) is 3. The molecule has 0 radical (unpaired) electrons. The molecule has 2 aromatic carbocycles. The number of nitro groups is 1. The number of thiophene rings is 1. The lowest BCUT2D eigenvalue weighted by molar-refractivity contribution is -0.383. The van der Waals surface area contributed by atoms with Gasteiger partial charge in [-0.15, -0.1) is 11.3 Å². The first-order valence-corrected chi connectivity index (χ1v) is 10.7. The van der Waals surface area contributed by atoms with Crippen LogP contribution in [-0.4, -0.2) is 26.0 Å². The van der Waals surface area contributed by atoms with Crippen molar-refractivity contribution in [3.8, 4) is 10.4 Å². The summed E-state index contributed by atoms with van der Waals surface area (Å²) in [5, 5.41) is 14.9. The Morgan fingerprint density at radius 3 is 2.63 bits per heavy atom. The van der Waals surface area contributed by atoms with Crippen LogP contribution in [0.3, 0.4) is 0 Å². The molecule has 1 N–H and O–H groups in total. The smallest absolute Gasteiger partial charge is 0.292 e. The Morgan fingerprint density at radius 1 is 1.13 bits per heavy atom.